The van der Waals surface area contributed by atoms with E-state index >= 15 is 0 Å². The van der Waals surface area contributed by atoms with Crippen LogP contribution >= 0.6 is 0 Å². The van der Waals surface area contributed by atoms with Crippen LogP contribution < -0.4 is 10.6 Å². The van der Waals surface area contributed by atoms with Crippen molar-refractivity contribution in [2.45, 2.75) is 45.1 Å². The van der Waals surface area contributed by atoms with Crippen molar-refractivity contribution >= 4 is 11.8 Å². The molecular formula is C10H18N2O2. The van der Waals surface area contributed by atoms with Crippen LogP contribution in [0.25, 0.3) is 0 Å². The third-order valence-corrected chi connectivity index (χ3v) is 2.47. The fraction of sp³-hybridized carbons (Fsp3) is 0.800. The zero-order valence-electron chi connectivity index (χ0n) is 8.64. The number of hydrogen-bond acceptors (Lipinski definition) is 2. The summed E-state index contributed by atoms with van der Waals surface area (Å²) in [5.41, 5.74) is 0. The summed E-state index contributed by atoms with van der Waals surface area (Å²) in [7, 11) is 0. The molecule has 0 aromatic heterocycles. The standard InChI is InChI=1S/C10H18N2O2/c1-8(13)11-7-10(14)12-9-5-3-2-4-6-9/h9H,2-7H2,1H3,(H,11,13)(H,12,14). The molecule has 4 heteroatoms. The van der Waals surface area contributed by atoms with E-state index in [9.17, 15) is 9.59 Å². The monoisotopic (exact) mass is 198 g/mol. The third kappa shape index (κ3) is 4.25. The molecule has 0 heterocycles. The van der Waals surface area contributed by atoms with Gasteiger partial charge in [-0.2, -0.15) is 0 Å². The maximum absolute atomic E-state index is 11.3. The SMILES string of the molecule is CC(=O)NCC(=O)NC1CCCCC1. The molecule has 0 radical (unpaired) electrons. The van der Waals surface area contributed by atoms with Gasteiger partial charge < -0.3 is 10.6 Å². The molecular weight excluding hydrogens is 180 g/mol. The molecule has 14 heavy (non-hydrogen) atoms. The van der Waals surface area contributed by atoms with Gasteiger partial charge in [-0.15, -0.1) is 0 Å². The Morgan fingerprint density at radius 3 is 2.43 bits per heavy atom. The van der Waals surface area contributed by atoms with E-state index in [1.54, 1.807) is 0 Å². The van der Waals surface area contributed by atoms with Crippen molar-refractivity contribution in [2.75, 3.05) is 6.54 Å². The first-order valence-electron chi connectivity index (χ1n) is 5.22. The van der Waals surface area contributed by atoms with Crippen LogP contribution in [-0.2, 0) is 9.59 Å². The summed E-state index contributed by atoms with van der Waals surface area (Å²) < 4.78 is 0. The van der Waals surface area contributed by atoms with Gasteiger partial charge in [-0.25, -0.2) is 0 Å². The third-order valence-electron chi connectivity index (χ3n) is 2.47. The van der Waals surface area contributed by atoms with Crippen molar-refractivity contribution in [1.29, 1.82) is 0 Å². The quantitative estimate of drug-likeness (QED) is 0.696. The van der Waals surface area contributed by atoms with E-state index < -0.39 is 0 Å². The van der Waals surface area contributed by atoms with Crippen LogP contribution in [0.15, 0.2) is 0 Å². The van der Waals surface area contributed by atoms with Crippen LogP contribution in [0.4, 0.5) is 0 Å². The van der Waals surface area contributed by atoms with Gasteiger partial charge in [0.15, 0.2) is 0 Å². The van der Waals surface area contributed by atoms with E-state index in [1.165, 1.54) is 26.2 Å². The predicted molar refractivity (Wildman–Crippen MR) is 53.7 cm³/mol. The van der Waals surface area contributed by atoms with E-state index in [1.807, 2.05) is 0 Å². The van der Waals surface area contributed by atoms with Gasteiger partial charge in [0.25, 0.3) is 0 Å². The first-order valence-corrected chi connectivity index (χ1v) is 5.22. The van der Waals surface area contributed by atoms with Gasteiger partial charge in [-0.3, -0.25) is 9.59 Å². The van der Waals surface area contributed by atoms with Gasteiger partial charge in [0.1, 0.15) is 0 Å². The van der Waals surface area contributed by atoms with Gasteiger partial charge in [0.05, 0.1) is 6.54 Å². The second kappa shape index (κ2) is 5.62. The lowest BCUT2D eigenvalue weighted by Crippen LogP contribution is -2.42. The molecule has 1 saturated carbocycles. The Balaban J connectivity index is 2.15. The Morgan fingerprint density at radius 1 is 1.21 bits per heavy atom. The molecule has 1 rings (SSSR count). The Morgan fingerprint density at radius 2 is 1.86 bits per heavy atom. The number of rotatable bonds is 3. The lowest BCUT2D eigenvalue weighted by Gasteiger charge is -2.22. The highest BCUT2D eigenvalue weighted by atomic mass is 16.2. The molecule has 1 fully saturated rings. The summed E-state index contributed by atoms with van der Waals surface area (Å²) in [6.45, 7) is 1.51. The molecule has 0 saturated heterocycles. The summed E-state index contributed by atoms with van der Waals surface area (Å²) in [5.74, 6) is -0.240. The maximum Gasteiger partial charge on any atom is 0.239 e. The summed E-state index contributed by atoms with van der Waals surface area (Å²) in [5, 5.41) is 5.40. The summed E-state index contributed by atoms with van der Waals surface area (Å²) >= 11 is 0. The van der Waals surface area contributed by atoms with Crippen LogP contribution in [-0.4, -0.2) is 24.4 Å². The van der Waals surface area contributed by atoms with Crippen molar-refractivity contribution in [3.63, 3.8) is 0 Å². The van der Waals surface area contributed by atoms with E-state index in [2.05, 4.69) is 10.6 Å². The highest BCUT2D eigenvalue weighted by Crippen LogP contribution is 2.16. The highest BCUT2D eigenvalue weighted by Gasteiger charge is 2.15. The minimum atomic E-state index is -0.163. The zero-order valence-corrected chi connectivity index (χ0v) is 8.64. The Labute approximate surface area is 84.4 Å². The largest absolute Gasteiger partial charge is 0.352 e. The van der Waals surface area contributed by atoms with Crippen molar-refractivity contribution in [1.82, 2.24) is 10.6 Å². The van der Waals surface area contributed by atoms with Gasteiger partial charge in [-0.05, 0) is 12.8 Å². The van der Waals surface area contributed by atoms with Gasteiger partial charge >= 0.3 is 0 Å². The molecule has 0 spiro atoms. The number of carbonyl (C=O) groups is 2. The zero-order chi connectivity index (χ0) is 10.4. The van der Waals surface area contributed by atoms with Crippen molar-refractivity contribution in [2.24, 2.45) is 0 Å². The smallest absolute Gasteiger partial charge is 0.239 e. The minimum absolute atomic E-state index is 0.0768. The second-order valence-corrected chi connectivity index (χ2v) is 3.81. The molecule has 0 atom stereocenters. The topological polar surface area (TPSA) is 58.2 Å². The number of nitrogens with one attached hydrogen (secondary N) is 2. The summed E-state index contributed by atoms with van der Waals surface area (Å²) in [6.07, 6.45) is 5.83. The Kier molecular flexibility index (Phi) is 4.43. The first-order chi connectivity index (χ1) is 6.68. The predicted octanol–water partition coefficient (Wildman–Crippen LogP) is 0.571. The van der Waals surface area contributed by atoms with Crippen LogP contribution in [0.1, 0.15) is 39.0 Å². The minimum Gasteiger partial charge on any atom is -0.352 e. The molecule has 0 aromatic carbocycles. The molecule has 4 nitrogen and oxygen atoms in total. The van der Waals surface area contributed by atoms with Crippen LogP contribution in [0.2, 0.25) is 0 Å². The molecule has 80 valence electrons. The van der Waals surface area contributed by atoms with E-state index in [0.717, 1.165) is 12.8 Å². The molecule has 0 unspecified atom stereocenters. The number of amides is 2. The van der Waals surface area contributed by atoms with E-state index in [-0.39, 0.29) is 18.4 Å². The van der Waals surface area contributed by atoms with Gasteiger partial charge in [-0.1, -0.05) is 19.3 Å². The molecule has 0 bridgehead atoms. The average Bonchev–Trinajstić information content (AvgIpc) is 2.16. The maximum atomic E-state index is 11.3. The van der Waals surface area contributed by atoms with Gasteiger partial charge in [0, 0.05) is 13.0 Å². The normalized spacial score (nSPS) is 17.5. The number of carbonyl (C=O) groups excluding carboxylic acids is 2. The number of hydrogen-bond donors (Lipinski definition) is 2. The van der Waals surface area contributed by atoms with Crippen molar-refractivity contribution in [3.8, 4) is 0 Å². The first kappa shape index (κ1) is 11.0. The van der Waals surface area contributed by atoms with Crippen molar-refractivity contribution < 1.29 is 9.59 Å². The molecule has 0 aliphatic heterocycles. The lowest BCUT2D eigenvalue weighted by atomic mass is 9.95. The Hall–Kier alpha value is -1.06. The van der Waals surface area contributed by atoms with Crippen LogP contribution in [0, 0.1) is 0 Å². The second-order valence-electron chi connectivity index (χ2n) is 3.81. The summed E-state index contributed by atoms with van der Waals surface area (Å²) in [4.78, 5) is 21.8. The molecule has 2 amide bonds. The van der Waals surface area contributed by atoms with Crippen LogP contribution in [0.5, 0.6) is 0 Å². The van der Waals surface area contributed by atoms with E-state index in [0.29, 0.717) is 6.04 Å². The van der Waals surface area contributed by atoms with Gasteiger partial charge in [0.2, 0.25) is 11.8 Å². The fourth-order valence-electron chi connectivity index (χ4n) is 1.73. The molecule has 1 aliphatic carbocycles. The highest BCUT2D eigenvalue weighted by molar-refractivity contribution is 5.83. The fourth-order valence-corrected chi connectivity index (χ4v) is 1.73. The summed E-state index contributed by atoms with van der Waals surface area (Å²) in [6, 6.07) is 0.324. The van der Waals surface area contributed by atoms with Crippen molar-refractivity contribution in [3.05, 3.63) is 0 Å². The van der Waals surface area contributed by atoms with E-state index in [4.69, 9.17) is 0 Å². The van der Waals surface area contributed by atoms with Crippen LogP contribution in [0.3, 0.4) is 0 Å². The molecule has 1 aliphatic rings. The lowest BCUT2D eigenvalue weighted by molar-refractivity contribution is -0.125. The molecule has 2 N–H and O–H groups in total. The molecule has 0 aromatic rings. The average molecular weight is 198 g/mol. The Bertz CT molecular complexity index is 210.